The highest BCUT2D eigenvalue weighted by molar-refractivity contribution is 5.76. The van der Waals surface area contributed by atoms with Gasteiger partial charge in [-0.3, -0.25) is 19.4 Å². The van der Waals surface area contributed by atoms with Crippen LogP contribution in [0.4, 0.5) is 0 Å². The zero-order chi connectivity index (χ0) is 13.9. The molecule has 20 heavy (non-hydrogen) atoms. The summed E-state index contributed by atoms with van der Waals surface area (Å²) >= 11 is 0. The summed E-state index contributed by atoms with van der Waals surface area (Å²) in [5.41, 5.74) is 2.45. The van der Waals surface area contributed by atoms with Crippen LogP contribution in [0.3, 0.4) is 0 Å². The Kier molecular flexibility index (Phi) is 3.45. The lowest BCUT2D eigenvalue weighted by atomic mass is 10.2. The van der Waals surface area contributed by atoms with E-state index in [9.17, 15) is 4.79 Å². The quantitative estimate of drug-likeness (QED) is 0.889. The standard InChI is InChI=1S/C14H17N5O/c1-19-9-11(7-18-19)14-12(15-4-5-16-14)8-17-13(20)6-10-2-3-10/h4-5,7,9-10H,2-3,6,8H2,1H3,(H,17,20). The molecular formula is C14H17N5O. The predicted octanol–water partition coefficient (Wildman–Crippen LogP) is 1.29. The van der Waals surface area contributed by atoms with Crippen LogP contribution in [0.15, 0.2) is 24.8 Å². The molecule has 2 aromatic heterocycles. The summed E-state index contributed by atoms with van der Waals surface area (Å²) in [4.78, 5) is 20.4. The molecule has 1 amide bonds. The molecule has 2 aromatic rings. The number of nitrogens with zero attached hydrogens (tertiary/aromatic N) is 4. The monoisotopic (exact) mass is 271 g/mol. The Hall–Kier alpha value is -2.24. The van der Waals surface area contributed by atoms with Gasteiger partial charge in [0.1, 0.15) is 0 Å². The maximum absolute atomic E-state index is 11.7. The molecule has 0 aliphatic heterocycles. The fraction of sp³-hybridized carbons (Fsp3) is 0.429. The molecule has 1 aliphatic rings. The summed E-state index contributed by atoms with van der Waals surface area (Å²) < 4.78 is 1.72. The van der Waals surface area contributed by atoms with Crippen molar-refractivity contribution in [1.82, 2.24) is 25.1 Å². The van der Waals surface area contributed by atoms with E-state index in [-0.39, 0.29) is 5.91 Å². The number of aryl methyl sites for hydroxylation is 1. The predicted molar refractivity (Wildman–Crippen MR) is 73.4 cm³/mol. The van der Waals surface area contributed by atoms with Crippen molar-refractivity contribution in [2.45, 2.75) is 25.8 Å². The summed E-state index contributed by atoms with van der Waals surface area (Å²) in [5, 5.41) is 7.06. The number of carbonyl (C=O) groups is 1. The molecule has 104 valence electrons. The van der Waals surface area contributed by atoms with E-state index in [4.69, 9.17) is 0 Å². The SMILES string of the molecule is Cn1cc(-c2nccnc2CNC(=O)CC2CC2)cn1. The normalized spacial score (nSPS) is 14.2. The molecule has 0 unspecified atom stereocenters. The molecule has 0 atom stereocenters. The summed E-state index contributed by atoms with van der Waals surface area (Å²) in [6.45, 7) is 0.406. The zero-order valence-electron chi connectivity index (χ0n) is 11.4. The van der Waals surface area contributed by atoms with E-state index in [1.807, 2.05) is 13.2 Å². The molecule has 0 bridgehead atoms. The van der Waals surface area contributed by atoms with Gasteiger partial charge in [0.05, 0.1) is 24.1 Å². The minimum atomic E-state index is 0.0929. The molecule has 6 heteroatoms. The van der Waals surface area contributed by atoms with Crippen LogP contribution in [0.25, 0.3) is 11.3 Å². The smallest absolute Gasteiger partial charge is 0.220 e. The topological polar surface area (TPSA) is 72.7 Å². The van der Waals surface area contributed by atoms with Crippen LogP contribution in [0.5, 0.6) is 0 Å². The fourth-order valence-electron chi connectivity index (χ4n) is 2.12. The van der Waals surface area contributed by atoms with Crippen molar-refractivity contribution in [2.24, 2.45) is 13.0 Å². The molecule has 1 fully saturated rings. The number of amides is 1. The van der Waals surface area contributed by atoms with Crippen molar-refractivity contribution in [3.63, 3.8) is 0 Å². The Morgan fingerprint density at radius 1 is 1.40 bits per heavy atom. The van der Waals surface area contributed by atoms with Crippen molar-refractivity contribution >= 4 is 5.91 Å². The summed E-state index contributed by atoms with van der Waals surface area (Å²) in [5.74, 6) is 0.685. The summed E-state index contributed by atoms with van der Waals surface area (Å²) in [7, 11) is 1.86. The van der Waals surface area contributed by atoms with Crippen molar-refractivity contribution in [1.29, 1.82) is 0 Å². The molecule has 0 saturated heterocycles. The number of nitrogens with one attached hydrogen (secondary N) is 1. The summed E-state index contributed by atoms with van der Waals surface area (Å²) in [6, 6.07) is 0. The molecule has 0 radical (unpaired) electrons. The first-order valence-electron chi connectivity index (χ1n) is 6.78. The van der Waals surface area contributed by atoms with Gasteiger partial charge in [-0.25, -0.2) is 0 Å². The molecule has 6 nitrogen and oxygen atoms in total. The van der Waals surface area contributed by atoms with Crippen molar-refractivity contribution in [3.05, 3.63) is 30.5 Å². The first-order valence-corrected chi connectivity index (χ1v) is 6.78. The van der Waals surface area contributed by atoms with E-state index in [1.54, 1.807) is 23.3 Å². The highest BCUT2D eigenvalue weighted by atomic mass is 16.1. The Bertz CT molecular complexity index is 618. The Balaban J connectivity index is 1.70. The van der Waals surface area contributed by atoms with Gasteiger partial charge < -0.3 is 5.32 Å². The third-order valence-electron chi connectivity index (χ3n) is 3.38. The van der Waals surface area contributed by atoms with Crippen molar-refractivity contribution in [2.75, 3.05) is 0 Å². The van der Waals surface area contributed by atoms with Gasteiger partial charge >= 0.3 is 0 Å². The molecule has 2 heterocycles. The van der Waals surface area contributed by atoms with E-state index in [1.165, 1.54) is 12.8 Å². The molecule has 1 N–H and O–H groups in total. The molecule has 1 saturated carbocycles. The van der Waals surface area contributed by atoms with Gasteiger partial charge in [-0.15, -0.1) is 0 Å². The van der Waals surface area contributed by atoms with Gasteiger partial charge in [0, 0.05) is 37.6 Å². The third kappa shape index (κ3) is 3.01. The molecule has 3 rings (SSSR count). The average Bonchev–Trinajstić information content (AvgIpc) is 3.15. The largest absolute Gasteiger partial charge is 0.350 e. The van der Waals surface area contributed by atoms with E-state index >= 15 is 0 Å². The number of aromatic nitrogens is 4. The van der Waals surface area contributed by atoms with Crippen LogP contribution >= 0.6 is 0 Å². The molecule has 0 aromatic carbocycles. The lowest BCUT2D eigenvalue weighted by Gasteiger charge is -2.07. The van der Waals surface area contributed by atoms with E-state index in [0.717, 1.165) is 17.0 Å². The number of hydrogen-bond donors (Lipinski definition) is 1. The number of rotatable bonds is 5. The van der Waals surface area contributed by atoms with Crippen molar-refractivity contribution < 1.29 is 4.79 Å². The second kappa shape index (κ2) is 5.40. The maximum Gasteiger partial charge on any atom is 0.220 e. The van der Waals surface area contributed by atoms with Gasteiger partial charge in [-0.2, -0.15) is 5.10 Å². The first kappa shape index (κ1) is 12.8. The summed E-state index contributed by atoms with van der Waals surface area (Å²) in [6.07, 6.45) is 9.92. The van der Waals surface area contributed by atoms with Gasteiger partial charge in [0.2, 0.25) is 5.91 Å². The second-order valence-corrected chi connectivity index (χ2v) is 5.18. The van der Waals surface area contributed by atoms with Crippen LogP contribution in [0.1, 0.15) is 25.0 Å². The highest BCUT2D eigenvalue weighted by Crippen LogP contribution is 2.32. The van der Waals surface area contributed by atoms with E-state index in [0.29, 0.717) is 18.9 Å². The lowest BCUT2D eigenvalue weighted by molar-refractivity contribution is -0.121. The van der Waals surface area contributed by atoms with Gasteiger partial charge in [-0.05, 0) is 18.8 Å². The van der Waals surface area contributed by atoms with E-state index < -0.39 is 0 Å². The minimum Gasteiger partial charge on any atom is -0.350 e. The van der Waals surface area contributed by atoms with Gasteiger partial charge in [-0.1, -0.05) is 0 Å². The van der Waals surface area contributed by atoms with Crippen LogP contribution in [0, 0.1) is 5.92 Å². The number of hydrogen-bond acceptors (Lipinski definition) is 4. The zero-order valence-corrected chi connectivity index (χ0v) is 11.4. The van der Waals surface area contributed by atoms with Gasteiger partial charge in [0.15, 0.2) is 0 Å². The van der Waals surface area contributed by atoms with Crippen LogP contribution < -0.4 is 5.32 Å². The highest BCUT2D eigenvalue weighted by Gasteiger charge is 2.24. The Labute approximate surface area is 117 Å². The van der Waals surface area contributed by atoms with Crippen LogP contribution in [0.2, 0.25) is 0 Å². The van der Waals surface area contributed by atoms with Crippen LogP contribution in [-0.4, -0.2) is 25.7 Å². The Morgan fingerprint density at radius 3 is 2.90 bits per heavy atom. The second-order valence-electron chi connectivity index (χ2n) is 5.18. The van der Waals surface area contributed by atoms with Crippen molar-refractivity contribution in [3.8, 4) is 11.3 Å². The number of carbonyl (C=O) groups excluding carboxylic acids is 1. The molecular weight excluding hydrogens is 254 g/mol. The Morgan fingerprint density at radius 2 is 2.20 bits per heavy atom. The fourth-order valence-corrected chi connectivity index (χ4v) is 2.12. The third-order valence-corrected chi connectivity index (χ3v) is 3.38. The van der Waals surface area contributed by atoms with Crippen LogP contribution in [-0.2, 0) is 18.4 Å². The lowest BCUT2D eigenvalue weighted by Crippen LogP contribution is -2.24. The molecule has 1 aliphatic carbocycles. The minimum absolute atomic E-state index is 0.0929. The maximum atomic E-state index is 11.7. The van der Waals surface area contributed by atoms with Gasteiger partial charge in [0.25, 0.3) is 0 Å². The first-order chi connectivity index (χ1) is 9.72. The van der Waals surface area contributed by atoms with E-state index in [2.05, 4.69) is 20.4 Å². The average molecular weight is 271 g/mol. The molecule has 0 spiro atoms.